The van der Waals surface area contributed by atoms with Gasteiger partial charge in [0.2, 0.25) is 0 Å². The normalized spacial score (nSPS) is 12.1. The molecule has 0 bridgehead atoms. The standard InChI is InChI=1S/C19H26FN7/c1-13-22-17(21-11-19(2,3)12-26(4)5)16-18(23-13)27(25-24-16)10-14-8-6-7-9-15(14)20/h6-9H,10-12H2,1-5H3,(H,21,22,23). The van der Waals surface area contributed by atoms with E-state index in [2.05, 4.69) is 58.4 Å². The van der Waals surface area contributed by atoms with Crippen LogP contribution in [-0.4, -0.2) is 57.0 Å². The molecule has 2 heterocycles. The predicted octanol–water partition coefficient (Wildman–Crippen LogP) is 2.72. The van der Waals surface area contributed by atoms with E-state index in [0.29, 0.717) is 28.4 Å². The van der Waals surface area contributed by atoms with Crippen LogP contribution in [0, 0.1) is 18.2 Å². The predicted molar refractivity (Wildman–Crippen MR) is 104 cm³/mol. The van der Waals surface area contributed by atoms with Crippen molar-refractivity contribution >= 4 is 17.0 Å². The molecule has 144 valence electrons. The van der Waals surface area contributed by atoms with Gasteiger partial charge < -0.3 is 10.2 Å². The summed E-state index contributed by atoms with van der Waals surface area (Å²) in [5.74, 6) is 1.01. The number of aryl methyl sites for hydroxylation is 1. The summed E-state index contributed by atoms with van der Waals surface area (Å²) in [5, 5.41) is 11.8. The fourth-order valence-electron chi connectivity index (χ4n) is 3.22. The molecule has 2 aromatic heterocycles. The van der Waals surface area contributed by atoms with Crippen LogP contribution < -0.4 is 5.32 Å². The first-order valence-corrected chi connectivity index (χ1v) is 8.95. The Labute approximate surface area is 158 Å². The number of halogens is 1. The molecule has 7 nitrogen and oxygen atoms in total. The van der Waals surface area contributed by atoms with Crippen LogP contribution >= 0.6 is 0 Å². The average molecular weight is 371 g/mol. The first-order chi connectivity index (χ1) is 12.7. The van der Waals surface area contributed by atoms with E-state index in [0.717, 1.165) is 13.1 Å². The second kappa shape index (κ2) is 7.56. The van der Waals surface area contributed by atoms with Crippen molar-refractivity contribution in [2.75, 3.05) is 32.5 Å². The Bertz CT molecular complexity index is 933. The minimum atomic E-state index is -0.268. The van der Waals surface area contributed by atoms with Gasteiger partial charge in [0.1, 0.15) is 11.6 Å². The summed E-state index contributed by atoms with van der Waals surface area (Å²) in [6, 6.07) is 6.65. The summed E-state index contributed by atoms with van der Waals surface area (Å²) in [6.45, 7) is 8.16. The van der Waals surface area contributed by atoms with Crippen molar-refractivity contribution in [2.45, 2.75) is 27.3 Å². The van der Waals surface area contributed by atoms with E-state index < -0.39 is 0 Å². The third-order valence-corrected chi connectivity index (χ3v) is 4.23. The van der Waals surface area contributed by atoms with Gasteiger partial charge in [-0.2, -0.15) is 0 Å². The number of hydrogen-bond donors (Lipinski definition) is 1. The molecular weight excluding hydrogens is 345 g/mol. The third-order valence-electron chi connectivity index (χ3n) is 4.23. The lowest BCUT2D eigenvalue weighted by Gasteiger charge is -2.28. The molecule has 3 rings (SSSR count). The largest absolute Gasteiger partial charge is 0.367 e. The van der Waals surface area contributed by atoms with E-state index >= 15 is 0 Å². The van der Waals surface area contributed by atoms with Crippen LogP contribution in [0.25, 0.3) is 11.2 Å². The van der Waals surface area contributed by atoms with Gasteiger partial charge in [0.05, 0.1) is 6.54 Å². The quantitative estimate of drug-likeness (QED) is 0.689. The summed E-state index contributed by atoms with van der Waals surface area (Å²) in [7, 11) is 4.12. The van der Waals surface area contributed by atoms with E-state index in [4.69, 9.17) is 0 Å². The monoisotopic (exact) mass is 371 g/mol. The Kier molecular flexibility index (Phi) is 5.36. The number of nitrogens with one attached hydrogen (secondary N) is 1. The molecule has 0 saturated heterocycles. The number of aromatic nitrogens is 5. The van der Waals surface area contributed by atoms with E-state index in [1.807, 2.05) is 6.92 Å². The van der Waals surface area contributed by atoms with Gasteiger partial charge in [0.25, 0.3) is 0 Å². The number of benzene rings is 1. The molecule has 1 aromatic carbocycles. The van der Waals surface area contributed by atoms with Gasteiger partial charge >= 0.3 is 0 Å². The fraction of sp³-hybridized carbons (Fsp3) is 0.474. The molecule has 0 spiro atoms. The zero-order chi connectivity index (χ0) is 19.6. The molecule has 0 unspecified atom stereocenters. The molecule has 27 heavy (non-hydrogen) atoms. The lowest BCUT2D eigenvalue weighted by Crippen LogP contribution is -2.34. The Morgan fingerprint density at radius 2 is 1.93 bits per heavy atom. The van der Waals surface area contributed by atoms with E-state index in [-0.39, 0.29) is 17.8 Å². The molecule has 0 aliphatic rings. The Hall–Kier alpha value is -2.61. The van der Waals surface area contributed by atoms with Crippen LogP contribution in [0.3, 0.4) is 0 Å². The smallest absolute Gasteiger partial charge is 0.184 e. The van der Waals surface area contributed by atoms with Crippen molar-refractivity contribution < 1.29 is 4.39 Å². The Balaban J connectivity index is 1.88. The van der Waals surface area contributed by atoms with Crippen molar-refractivity contribution in [1.82, 2.24) is 29.9 Å². The maximum atomic E-state index is 14.0. The SMILES string of the molecule is Cc1nc(NCC(C)(C)CN(C)C)c2nnn(Cc3ccccc3F)c2n1. The molecule has 0 fully saturated rings. The molecule has 1 N–H and O–H groups in total. The zero-order valence-electron chi connectivity index (χ0n) is 16.5. The first kappa shape index (κ1) is 19.2. The summed E-state index contributed by atoms with van der Waals surface area (Å²) in [4.78, 5) is 11.1. The van der Waals surface area contributed by atoms with Gasteiger partial charge in [-0.25, -0.2) is 19.0 Å². The van der Waals surface area contributed by atoms with E-state index in [1.165, 1.54) is 6.07 Å². The molecule has 0 atom stereocenters. The van der Waals surface area contributed by atoms with Crippen molar-refractivity contribution in [2.24, 2.45) is 5.41 Å². The van der Waals surface area contributed by atoms with Gasteiger partial charge in [-0.05, 0) is 32.5 Å². The molecular formula is C19H26FN7. The number of hydrogen-bond acceptors (Lipinski definition) is 6. The molecule has 0 radical (unpaired) electrons. The maximum Gasteiger partial charge on any atom is 0.184 e. The van der Waals surface area contributed by atoms with Gasteiger partial charge in [0, 0.05) is 18.7 Å². The number of fused-ring (bicyclic) bond motifs is 1. The number of rotatable bonds is 7. The van der Waals surface area contributed by atoms with Crippen LogP contribution in [0.4, 0.5) is 10.2 Å². The minimum Gasteiger partial charge on any atom is -0.367 e. The van der Waals surface area contributed by atoms with Crippen LogP contribution in [0.15, 0.2) is 24.3 Å². The highest BCUT2D eigenvalue weighted by Gasteiger charge is 2.21. The van der Waals surface area contributed by atoms with Crippen molar-refractivity contribution in [3.05, 3.63) is 41.5 Å². The summed E-state index contributed by atoms with van der Waals surface area (Å²) in [5.41, 5.74) is 1.79. The molecule has 0 saturated carbocycles. The highest BCUT2D eigenvalue weighted by molar-refractivity contribution is 5.82. The highest BCUT2D eigenvalue weighted by atomic mass is 19.1. The maximum absolute atomic E-state index is 14.0. The minimum absolute atomic E-state index is 0.0534. The highest BCUT2D eigenvalue weighted by Crippen LogP contribution is 2.22. The van der Waals surface area contributed by atoms with Crippen molar-refractivity contribution in [3.63, 3.8) is 0 Å². The Morgan fingerprint density at radius 3 is 2.63 bits per heavy atom. The van der Waals surface area contributed by atoms with Crippen LogP contribution in [0.5, 0.6) is 0 Å². The third kappa shape index (κ3) is 4.57. The second-order valence-electron chi connectivity index (χ2n) is 7.89. The fourth-order valence-corrected chi connectivity index (χ4v) is 3.22. The van der Waals surface area contributed by atoms with E-state index in [1.54, 1.807) is 22.9 Å². The molecule has 3 aromatic rings. The van der Waals surface area contributed by atoms with E-state index in [9.17, 15) is 4.39 Å². The summed E-state index contributed by atoms with van der Waals surface area (Å²) in [6.07, 6.45) is 0. The van der Waals surface area contributed by atoms with Crippen molar-refractivity contribution in [3.8, 4) is 0 Å². The molecule has 0 amide bonds. The number of nitrogens with zero attached hydrogens (tertiary/aromatic N) is 6. The molecule has 0 aliphatic carbocycles. The van der Waals surface area contributed by atoms with Crippen LogP contribution in [-0.2, 0) is 6.54 Å². The average Bonchev–Trinajstić information content (AvgIpc) is 2.96. The van der Waals surface area contributed by atoms with Crippen molar-refractivity contribution in [1.29, 1.82) is 0 Å². The molecule has 8 heteroatoms. The summed E-state index contributed by atoms with van der Waals surface area (Å²) < 4.78 is 15.6. The lowest BCUT2D eigenvalue weighted by atomic mass is 9.93. The zero-order valence-corrected chi connectivity index (χ0v) is 16.5. The van der Waals surface area contributed by atoms with Gasteiger partial charge in [0.15, 0.2) is 17.0 Å². The first-order valence-electron chi connectivity index (χ1n) is 8.95. The van der Waals surface area contributed by atoms with Crippen LogP contribution in [0.1, 0.15) is 25.2 Å². The summed E-state index contributed by atoms with van der Waals surface area (Å²) >= 11 is 0. The van der Waals surface area contributed by atoms with Gasteiger partial charge in [-0.1, -0.05) is 37.3 Å². The lowest BCUT2D eigenvalue weighted by molar-refractivity contribution is 0.254. The number of anilines is 1. The topological polar surface area (TPSA) is 71.8 Å². The van der Waals surface area contributed by atoms with Crippen LogP contribution in [0.2, 0.25) is 0 Å². The molecule has 0 aliphatic heterocycles. The van der Waals surface area contributed by atoms with Gasteiger partial charge in [-0.15, -0.1) is 5.10 Å². The Morgan fingerprint density at radius 1 is 1.19 bits per heavy atom. The second-order valence-corrected chi connectivity index (χ2v) is 7.89. The van der Waals surface area contributed by atoms with Gasteiger partial charge in [-0.3, -0.25) is 0 Å².